The first kappa shape index (κ1) is 13.9. The molecule has 0 atom stereocenters. The lowest BCUT2D eigenvalue weighted by molar-refractivity contribution is 0.292. The van der Waals surface area contributed by atoms with Gasteiger partial charge in [-0.25, -0.2) is 15.0 Å². The molecule has 3 rings (SSSR count). The highest BCUT2D eigenvalue weighted by atomic mass is 16.7. The fourth-order valence-corrected chi connectivity index (χ4v) is 1.62. The van der Waals surface area contributed by atoms with Gasteiger partial charge in [0.25, 0.3) is 0 Å². The zero-order chi connectivity index (χ0) is 15.0. The van der Waals surface area contributed by atoms with Crippen molar-refractivity contribution >= 4 is 7.32 Å². The van der Waals surface area contributed by atoms with Gasteiger partial charge in [-0.2, -0.15) is 0 Å². The number of aromatic nitrogens is 3. The Hall–Kier alpha value is -3.09. The summed E-state index contributed by atoms with van der Waals surface area (Å²) < 4.78 is 16.8. The molecule has 108 valence electrons. The lowest BCUT2D eigenvalue weighted by Gasteiger charge is -2.14. The predicted molar refractivity (Wildman–Crippen MR) is 80.3 cm³/mol. The standard InChI is InChI=1S/C15H12BN3O3/c1-4-10-17-13(7-1)20-16(21-14-8-2-5-11-18-14)22-15-9-3-6-12-19-15/h1-12H. The normalized spacial score (nSPS) is 9.82. The minimum atomic E-state index is -1.06. The van der Waals surface area contributed by atoms with E-state index in [4.69, 9.17) is 14.0 Å². The van der Waals surface area contributed by atoms with E-state index in [1.807, 2.05) is 0 Å². The molecule has 0 unspecified atom stereocenters. The van der Waals surface area contributed by atoms with Crippen molar-refractivity contribution in [2.75, 3.05) is 0 Å². The third-order valence-corrected chi connectivity index (χ3v) is 2.56. The summed E-state index contributed by atoms with van der Waals surface area (Å²) in [7, 11) is -1.06. The zero-order valence-electron chi connectivity index (χ0n) is 11.6. The number of nitrogens with zero attached hydrogens (tertiary/aromatic N) is 3. The topological polar surface area (TPSA) is 66.4 Å². The number of hydrogen-bond acceptors (Lipinski definition) is 6. The van der Waals surface area contributed by atoms with Gasteiger partial charge in [0.15, 0.2) is 17.6 Å². The van der Waals surface area contributed by atoms with E-state index in [0.29, 0.717) is 17.6 Å². The fourth-order valence-electron chi connectivity index (χ4n) is 1.62. The Balaban J connectivity index is 1.75. The molecule has 0 saturated heterocycles. The first-order chi connectivity index (χ1) is 10.9. The van der Waals surface area contributed by atoms with E-state index in [9.17, 15) is 0 Å². The first-order valence-corrected chi connectivity index (χ1v) is 6.63. The van der Waals surface area contributed by atoms with Gasteiger partial charge in [-0.1, -0.05) is 18.2 Å². The molecule has 0 radical (unpaired) electrons. The van der Waals surface area contributed by atoms with Crippen LogP contribution in [0.2, 0.25) is 0 Å². The maximum absolute atomic E-state index is 5.59. The highest BCUT2D eigenvalue weighted by molar-refractivity contribution is 6.39. The SMILES string of the molecule is c1ccc(OB(Oc2ccccn2)Oc2ccccn2)nc1. The highest BCUT2D eigenvalue weighted by Gasteiger charge is 2.31. The van der Waals surface area contributed by atoms with E-state index in [1.54, 1.807) is 73.2 Å². The van der Waals surface area contributed by atoms with E-state index >= 15 is 0 Å². The van der Waals surface area contributed by atoms with E-state index < -0.39 is 7.32 Å². The van der Waals surface area contributed by atoms with Crippen LogP contribution in [-0.4, -0.2) is 22.3 Å². The number of hydrogen-bond donors (Lipinski definition) is 0. The summed E-state index contributed by atoms with van der Waals surface area (Å²) in [5.74, 6) is 1.12. The van der Waals surface area contributed by atoms with Crippen LogP contribution in [0.15, 0.2) is 73.2 Å². The van der Waals surface area contributed by atoms with Crippen LogP contribution in [0.1, 0.15) is 0 Å². The molecule has 0 saturated carbocycles. The Labute approximate surface area is 127 Å². The van der Waals surface area contributed by atoms with E-state index in [2.05, 4.69) is 15.0 Å². The van der Waals surface area contributed by atoms with Gasteiger partial charge in [0.2, 0.25) is 0 Å². The third kappa shape index (κ3) is 3.95. The van der Waals surface area contributed by atoms with Gasteiger partial charge in [0.05, 0.1) is 0 Å². The lowest BCUT2D eigenvalue weighted by atomic mass is 10.2. The maximum atomic E-state index is 5.59. The maximum Gasteiger partial charge on any atom is 0.867 e. The highest BCUT2D eigenvalue weighted by Crippen LogP contribution is 2.13. The molecule has 7 heteroatoms. The van der Waals surface area contributed by atoms with Crippen LogP contribution in [0, 0.1) is 0 Å². The average Bonchev–Trinajstić information content (AvgIpc) is 2.57. The minimum absolute atomic E-state index is 0.374. The molecule has 0 spiro atoms. The fraction of sp³-hybridized carbons (Fsp3) is 0. The molecule has 3 aromatic heterocycles. The molecule has 6 nitrogen and oxygen atoms in total. The molecule has 0 aromatic carbocycles. The smallest absolute Gasteiger partial charge is 0.474 e. The van der Waals surface area contributed by atoms with Gasteiger partial charge in [-0.3, -0.25) is 0 Å². The Kier molecular flexibility index (Phi) is 4.46. The van der Waals surface area contributed by atoms with Crippen LogP contribution in [-0.2, 0) is 0 Å². The number of pyridine rings is 3. The van der Waals surface area contributed by atoms with E-state index in [0.717, 1.165) is 0 Å². The lowest BCUT2D eigenvalue weighted by Crippen LogP contribution is -2.37. The zero-order valence-corrected chi connectivity index (χ0v) is 11.6. The summed E-state index contributed by atoms with van der Waals surface area (Å²) in [6.07, 6.45) is 4.86. The largest absolute Gasteiger partial charge is 0.867 e. The van der Waals surface area contributed by atoms with Crippen molar-refractivity contribution in [2.24, 2.45) is 0 Å². The molecule has 3 aromatic rings. The van der Waals surface area contributed by atoms with Crippen molar-refractivity contribution in [3.05, 3.63) is 73.2 Å². The van der Waals surface area contributed by atoms with Crippen molar-refractivity contribution in [1.82, 2.24) is 15.0 Å². The molecule has 0 aliphatic rings. The Morgan fingerprint density at radius 3 is 1.18 bits per heavy atom. The Morgan fingerprint density at radius 1 is 0.545 bits per heavy atom. The average molecular weight is 293 g/mol. The quantitative estimate of drug-likeness (QED) is 0.650. The van der Waals surface area contributed by atoms with Crippen molar-refractivity contribution < 1.29 is 14.0 Å². The molecular formula is C15H12BN3O3. The summed E-state index contributed by atoms with van der Waals surface area (Å²) in [5, 5.41) is 0. The van der Waals surface area contributed by atoms with Crippen LogP contribution in [0.3, 0.4) is 0 Å². The molecule has 0 amide bonds. The summed E-state index contributed by atoms with van der Waals surface area (Å²) >= 11 is 0. The molecule has 3 heterocycles. The van der Waals surface area contributed by atoms with E-state index in [-0.39, 0.29) is 0 Å². The molecule has 0 bridgehead atoms. The second-order valence-corrected chi connectivity index (χ2v) is 4.15. The van der Waals surface area contributed by atoms with Gasteiger partial charge >= 0.3 is 7.32 Å². The molecule has 0 aliphatic heterocycles. The Morgan fingerprint density at radius 2 is 0.909 bits per heavy atom. The van der Waals surface area contributed by atoms with E-state index in [1.165, 1.54) is 0 Å². The second-order valence-electron chi connectivity index (χ2n) is 4.15. The van der Waals surface area contributed by atoms with Gasteiger partial charge in [0, 0.05) is 18.6 Å². The summed E-state index contributed by atoms with van der Waals surface area (Å²) in [5.41, 5.74) is 0. The molecule has 0 aliphatic carbocycles. The van der Waals surface area contributed by atoms with Crippen molar-refractivity contribution in [2.45, 2.75) is 0 Å². The molecule has 22 heavy (non-hydrogen) atoms. The van der Waals surface area contributed by atoms with Gasteiger partial charge < -0.3 is 14.0 Å². The summed E-state index contributed by atoms with van der Waals surface area (Å²) in [6.45, 7) is 0. The Bertz CT molecular complexity index is 588. The van der Waals surface area contributed by atoms with Gasteiger partial charge in [-0.05, 0) is 36.4 Å². The van der Waals surface area contributed by atoms with Crippen molar-refractivity contribution in [3.8, 4) is 17.6 Å². The van der Waals surface area contributed by atoms with Crippen LogP contribution in [0.5, 0.6) is 17.6 Å². The van der Waals surface area contributed by atoms with Crippen LogP contribution in [0.4, 0.5) is 0 Å². The second kappa shape index (κ2) is 7.08. The minimum Gasteiger partial charge on any atom is -0.474 e. The van der Waals surface area contributed by atoms with Gasteiger partial charge in [0.1, 0.15) is 0 Å². The molecular weight excluding hydrogens is 281 g/mol. The van der Waals surface area contributed by atoms with Crippen molar-refractivity contribution in [3.63, 3.8) is 0 Å². The number of rotatable bonds is 6. The van der Waals surface area contributed by atoms with Crippen LogP contribution in [0.25, 0.3) is 0 Å². The summed E-state index contributed by atoms with van der Waals surface area (Å²) in [6, 6.07) is 15.9. The molecule has 0 N–H and O–H groups in total. The van der Waals surface area contributed by atoms with Crippen LogP contribution < -0.4 is 14.0 Å². The monoisotopic (exact) mass is 293 g/mol. The third-order valence-electron chi connectivity index (χ3n) is 2.56. The predicted octanol–water partition coefficient (Wildman–Crippen LogP) is 2.39. The summed E-state index contributed by atoms with van der Waals surface area (Å²) in [4.78, 5) is 12.2. The first-order valence-electron chi connectivity index (χ1n) is 6.63. The van der Waals surface area contributed by atoms with Crippen molar-refractivity contribution in [1.29, 1.82) is 0 Å². The van der Waals surface area contributed by atoms with Gasteiger partial charge in [-0.15, -0.1) is 0 Å². The molecule has 0 fully saturated rings. The van der Waals surface area contributed by atoms with Crippen LogP contribution >= 0.6 is 0 Å².